The number of hydrogen-bond donors (Lipinski definition) is 1. The number of aromatic nitrogens is 2. The molecule has 0 saturated carbocycles. The fourth-order valence-electron chi connectivity index (χ4n) is 3.26. The lowest BCUT2D eigenvalue weighted by molar-refractivity contribution is 0.709. The number of benzene rings is 1. The summed E-state index contributed by atoms with van der Waals surface area (Å²) >= 11 is 0. The molecule has 0 saturated heterocycles. The first-order valence-corrected chi connectivity index (χ1v) is 7.85. The van der Waals surface area contributed by atoms with Crippen molar-refractivity contribution >= 4 is 5.82 Å². The maximum Gasteiger partial charge on any atom is 0.162 e. The van der Waals surface area contributed by atoms with Gasteiger partial charge in [-0.3, -0.25) is 0 Å². The molecule has 0 radical (unpaired) electrons. The topological polar surface area (TPSA) is 37.8 Å². The molecule has 0 atom stereocenters. The van der Waals surface area contributed by atoms with Gasteiger partial charge in [-0.1, -0.05) is 24.6 Å². The summed E-state index contributed by atoms with van der Waals surface area (Å²) in [4.78, 5) is 9.74. The van der Waals surface area contributed by atoms with Crippen molar-refractivity contribution in [1.82, 2.24) is 9.97 Å². The minimum Gasteiger partial charge on any atom is -0.373 e. The summed E-state index contributed by atoms with van der Waals surface area (Å²) in [6.07, 6.45) is 5.94. The Kier molecular flexibility index (Phi) is 3.91. The van der Waals surface area contributed by atoms with E-state index in [1.807, 2.05) is 7.05 Å². The van der Waals surface area contributed by atoms with E-state index in [1.54, 1.807) is 0 Å². The van der Waals surface area contributed by atoms with Crippen LogP contribution in [0.25, 0.3) is 11.4 Å². The Balaban J connectivity index is 2.18. The van der Waals surface area contributed by atoms with Crippen LogP contribution in [-0.4, -0.2) is 17.0 Å². The molecule has 0 unspecified atom stereocenters. The molecule has 0 fully saturated rings. The summed E-state index contributed by atoms with van der Waals surface area (Å²) in [6.45, 7) is 4.27. The van der Waals surface area contributed by atoms with Crippen molar-refractivity contribution in [3.05, 3.63) is 40.6 Å². The number of nitrogens with zero attached hydrogens (tertiary/aromatic N) is 2. The van der Waals surface area contributed by atoms with Crippen LogP contribution in [-0.2, 0) is 12.8 Å². The predicted octanol–water partition coefficient (Wildman–Crippen LogP) is 4.07. The first-order valence-electron chi connectivity index (χ1n) is 7.85. The Labute approximate surface area is 126 Å². The maximum absolute atomic E-state index is 4.92. The summed E-state index contributed by atoms with van der Waals surface area (Å²) in [5, 5.41) is 3.28. The molecule has 3 rings (SSSR count). The fourth-order valence-corrected chi connectivity index (χ4v) is 3.26. The highest BCUT2D eigenvalue weighted by molar-refractivity contribution is 5.67. The second kappa shape index (κ2) is 5.84. The second-order valence-corrected chi connectivity index (χ2v) is 5.90. The highest BCUT2D eigenvalue weighted by Gasteiger charge is 2.18. The molecule has 21 heavy (non-hydrogen) atoms. The van der Waals surface area contributed by atoms with Gasteiger partial charge < -0.3 is 5.32 Å². The third-order valence-electron chi connectivity index (χ3n) is 4.37. The van der Waals surface area contributed by atoms with Crippen molar-refractivity contribution < 1.29 is 0 Å². The zero-order valence-corrected chi connectivity index (χ0v) is 13.2. The number of rotatable bonds is 2. The normalized spacial score (nSPS) is 14.4. The van der Waals surface area contributed by atoms with Gasteiger partial charge in [0.15, 0.2) is 5.82 Å². The lowest BCUT2D eigenvalue weighted by Crippen LogP contribution is -2.07. The van der Waals surface area contributed by atoms with Gasteiger partial charge in [0.25, 0.3) is 0 Å². The Morgan fingerprint density at radius 3 is 2.38 bits per heavy atom. The van der Waals surface area contributed by atoms with E-state index in [2.05, 4.69) is 37.4 Å². The quantitative estimate of drug-likeness (QED) is 0.843. The van der Waals surface area contributed by atoms with Gasteiger partial charge in [-0.2, -0.15) is 0 Å². The zero-order valence-electron chi connectivity index (χ0n) is 13.2. The highest BCUT2D eigenvalue weighted by Crippen LogP contribution is 2.30. The second-order valence-electron chi connectivity index (χ2n) is 5.90. The van der Waals surface area contributed by atoms with Crippen molar-refractivity contribution in [2.24, 2.45) is 0 Å². The van der Waals surface area contributed by atoms with Crippen LogP contribution >= 0.6 is 0 Å². The molecular weight excluding hydrogens is 258 g/mol. The van der Waals surface area contributed by atoms with Crippen LogP contribution < -0.4 is 5.32 Å². The van der Waals surface area contributed by atoms with Gasteiger partial charge in [0.2, 0.25) is 0 Å². The van der Waals surface area contributed by atoms with Gasteiger partial charge in [-0.25, -0.2) is 9.97 Å². The smallest absolute Gasteiger partial charge is 0.162 e. The first-order chi connectivity index (χ1) is 10.2. The van der Waals surface area contributed by atoms with Crippen molar-refractivity contribution in [2.45, 2.75) is 46.0 Å². The number of nitrogens with one attached hydrogen (secondary N) is 1. The average molecular weight is 281 g/mol. The predicted molar refractivity (Wildman–Crippen MR) is 87.7 cm³/mol. The molecule has 1 aromatic heterocycles. The molecular formula is C18H23N3. The highest BCUT2D eigenvalue weighted by atomic mass is 15.0. The van der Waals surface area contributed by atoms with Crippen LogP contribution in [0.5, 0.6) is 0 Å². The van der Waals surface area contributed by atoms with E-state index in [1.165, 1.54) is 47.2 Å². The van der Waals surface area contributed by atoms with E-state index < -0.39 is 0 Å². The van der Waals surface area contributed by atoms with Crippen LogP contribution in [0.15, 0.2) is 18.2 Å². The van der Waals surface area contributed by atoms with Gasteiger partial charge >= 0.3 is 0 Å². The summed E-state index contributed by atoms with van der Waals surface area (Å²) in [5.74, 6) is 1.88. The number of aryl methyl sites for hydroxylation is 3. The van der Waals surface area contributed by atoms with Crippen LogP contribution in [0, 0.1) is 13.8 Å². The minimum atomic E-state index is 0.871. The molecule has 1 aliphatic carbocycles. The number of anilines is 1. The summed E-state index contributed by atoms with van der Waals surface area (Å²) < 4.78 is 0. The summed E-state index contributed by atoms with van der Waals surface area (Å²) in [7, 11) is 1.96. The third-order valence-corrected chi connectivity index (χ3v) is 4.37. The van der Waals surface area contributed by atoms with Crippen LogP contribution in [0.3, 0.4) is 0 Å². The lowest BCUT2D eigenvalue weighted by Gasteiger charge is -2.15. The van der Waals surface area contributed by atoms with Gasteiger partial charge in [-0.05, 0) is 50.7 Å². The molecule has 0 amide bonds. The molecule has 110 valence electrons. The Morgan fingerprint density at radius 2 is 1.67 bits per heavy atom. The van der Waals surface area contributed by atoms with E-state index >= 15 is 0 Å². The van der Waals surface area contributed by atoms with Gasteiger partial charge in [0.05, 0.1) is 0 Å². The Morgan fingerprint density at radius 1 is 0.952 bits per heavy atom. The van der Waals surface area contributed by atoms with Crippen molar-refractivity contribution in [3.63, 3.8) is 0 Å². The molecule has 1 N–H and O–H groups in total. The van der Waals surface area contributed by atoms with Gasteiger partial charge in [-0.15, -0.1) is 0 Å². The van der Waals surface area contributed by atoms with Gasteiger partial charge in [0.1, 0.15) is 5.82 Å². The van der Waals surface area contributed by atoms with Crippen LogP contribution in [0.2, 0.25) is 0 Å². The molecule has 2 aromatic rings. The SMILES string of the molecule is CNc1nc(-c2c(C)cccc2C)nc2c1CCCCC2. The van der Waals surface area contributed by atoms with Crippen molar-refractivity contribution in [3.8, 4) is 11.4 Å². The fraction of sp³-hybridized carbons (Fsp3) is 0.444. The molecule has 3 nitrogen and oxygen atoms in total. The van der Waals surface area contributed by atoms with Gasteiger partial charge in [0, 0.05) is 23.9 Å². The molecule has 1 aliphatic rings. The summed E-state index contributed by atoms with van der Waals surface area (Å²) in [6, 6.07) is 6.36. The molecule has 0 bridgehead atoms. The summed E-state index contributed by atoms with van der Waals surface area (Å²) in [5.41, 5.74) is 6.23. The van der Waals surface area contributed by atoms with Crippen molar-refractivity contribution in [2.75, 3.05) is 12.4 Å². The number of hydrogen-bond acceptors (Lipinski definition) is 3. The average Bonchev–Trinajstić information content (AvgIpc) is 2.71. The maximum atomic E-state index is 4.92. The van der Waals surface area contributed by atoms with Crippen molar-refractivity contribution in [1.29, 1.82) is 0 Å². The van der Waals surface area contributed by atoms with E-state index in [4.69, 9.17) is 9.97 Å². The zero-order chi connectivity index (χ0) is 14.8. The molecule has 0 aliphatic heterocycles. The molecule has 1 heterocycles. The molecule has 0 spiro atoms. The van der Waals surface area contributed by atoms with E-state index in [0.717, 1.165) is 24.5 Å². The van der Waals surface area contributed by atoms with E-state index in [-0.39, 0.29) is 0 Å². The monoisotopic (exact) mass is 281 g/mol. The molecule has 1 aromatic carbocycles. The largest absolute Gasteiger partial charge is 0.373 e. The first kappa shape index (κ1) is 14.1. The van der Waals surface area contributed by atoms with Crippen LogP contribution in [0.4, 0.5) is 5.82 Å². The lowest BCUT2D eigenvalue weighted by atomic mass is 10.0. The minimum absolute atomic E-state index is 0.871. The number of fused-ring (bicyclic) bond motifs is 1. The Hall–Kier alpha value is -1.90. The Bertz CT molecular complexity index is 642. The van der Waals surface area contributed by atoms with E-state index in [0.29, 0.717) is 0 Å². The van der Waals surface area contributed by atoms with E-state index in [9.17, 15) is 0 Å². The molecule has 3 heteroatoms. The third kappa shape index (κ3) is 2.65. The standard InChI is InChI=1S/C18H23N3/c1-12-8-7-9-13(2)16(12)18-20-15-11-6-4-5-10-14(15)17(19-3)21-18/h7-9H,4-6,10-11H2,1-3H3,(H,19,20,21). The van der Waals surface area contributed by atoms with Crippen LogP contribution in [0.1, 0.15) is 41.6 Å².